The van der Waals surface area contributed by atoms with E-state index in [1.54, 1.807) is 12.1 Å². The lowest BCUT2D eigenvalue weighted by atomic mass is 9.78. The fourth-order valence-corrected chi connectivity index (χ4v) is 4.58. The van der Waals surface area contributed by atoms with E-state index in [0.29, 0.717) is 17.6 Å². The number of nitrogens with one attached hydrogen (secondary N) is 2. The van der Waals surface area contributed by atoms with Crippen LogP contribution in [0.15, 0.2) is 84.1 Å². The van der Waals surface area contributed by atoms with Crippen LogP contribution < -0.4 is 10.6 Å². The molecule has 7 heteroatoms. The van der Waals surface area contributed by atoms with Crippen molar-refractivity contribution in [2.45, 2.75) is 31.0 Å². The highest BCUT2D eigenvalue weighted by molar-refractivity contribution is 6.01. The number of hydrogen-bond donors (Lipinski definition) is 2. The molecule has 2 N–H and O–H groups in total. The quantitative estimate of drug-likeness (QED) is 0.419. The minimum absolute atomic E-state index is 0.0942. The summed E-state index contributed by atoms with van der Waals surface area (Å²) in [5.74, 6) is -0.556. The number of para-hydroxylation sites is 2. The molecule has 2 aliphatic rings. The molecular formula is C26H20F4N2O. The standard InChI is InChI=1S/C26H20F4N2O/c27-19-11-7-15(8-12-19)17-13-22-24(23(33)14-17)25(32-21-4-2-1-3-20(21)31-22)16-5-9-18(10-6-16)26(28,29)30/h1-12,17,25,31-32H,13-14H2/t17-,25+/m1/s1. The maximum absolute atomic E-state index is 13.4. The van der Waals surface area contributed by atoms with Gasteiger partial charge in [0.05, 0.1) is 23.0 Å². The maximum atomic E-state index is 13.4. The Bertz CT molecular complexity index is 1230. The number of alkyl halides is 3. The zero-order valence-corrected chi connectivity index (χ0v) is 17.4. The Kier molecular flexibility index (Phi) is 5.19. The summed E-state index contributed by atoms with van der Waals surface area (Å²) in [7, 11) is 0. The van der Waals surface area contributed by atoms with Gasteiger partial charge in [0.25, 0.3) is 0 Å². The fourth-order valence-electron chi connectivity index (χ4n) is 4.58. The summed E-state index contributed by atoms with van der Waals surface area (Å²) in [6.07, 6.45) is -3.67. The lowest BCUT2D eigenvalue weighted by molar-refractivity contribution is -0.137. The van der Waals surface area contributed by atoms with Crippen molar-refractivity contribution in [3.8, 4) is 0 Å². The van der Waals surface area contributed by atoms with Gasteiger partial charge in [0.2, 0.25) is 0 Å². The summed E-state index contributed by atoms with van der Waals surface area (Å²) in [6.45, 7) is 0. The van der Waals surface area contributed by atoms with Gasteiger partial charge >= 0.3 is 6.18 Å². The van der Waals surface area contributed by atoms with Gasteiger partial charge in [0, 0.05) is 17.7 Å². The predicted octanol–water partition coefficient (Wildman–Crippen LogP) is 6.82. The van der Waals surface area contributed by atoms with Crippen molar-refractivity contribution >= 4 is 17.2 Å². The molecule has 0 fully saturated rings. The van der Waals surface area contributed by atoms with Gasteiger partial charge in [0.1, 0.15) is 5.82 Å². The second kappa shape index (κ2) is 8.06. The molecule has 1 aliphatic heterocycles. The van der Waals surface area contributed by atoms with Gasteiger partial charge in [0.15, 0.2) is 5.78 Å². The van der Waals surface area contributed by atoms with E-state index in [0.717, 1.165) is 34.8 Å². The molecule has 168 valence electrons. The second-order valence-corrected chi connectivity index (χ2v) is 8.34. The van der Waals surface area contributed by atoms with Gasteiger partial charge in [-0.2, -0.15) is 13.2 Å². The smallest absolute Gasteiger partial charge is 0.372 e. The maximum Gasteiger partial charge on any atom is 0.416 e. The SMILES string of the molecule is O=C1C[C@H](c2ccc(F)cc2)CC2=C1[C@H](c1ccc(C(F)(F)F)cc1)Nc1ccccc1N2. The average molecular weight is 452 g/mol. The third kappa shape index (κ3) is 4.11. The van der Waals surface area contributed by atoms with Crippen molar-refractivity contribution in [3.05, 3.63) is 107 Å². The molecule has 2 atom stereocenters. The van der Waals surface area contributed by atoms with E-state index >= 15 is 0 Å². The highest BCUT2D eigenvalue weighted by Crippen LogP contribution is 2.44. The molecule has 0 bridgehead atoms. The van der Waals surface area contributed by atoms with E-state index < -0.39 is 17.8 Å². The Morgan fingerprint density at radius 2 is 1.42 bits per heavy atom. The molecule has 0 unspecified atom stereocenters. The van der Waals surface area contributed by atoms with Crippen molar-refractivity contribution < 1.29 is 22.4 Å². The molecule has 0 saturated carbocycles. The lowest BCUT2D eigenvalue weighted by Crippen LogP contribution is -2.27. The second-order valence-electron chi connectivity index (χ2n) is 8.34. The number of carbonyl (C=O) groups excluding carboxylic acids is 1. The minimum atomic E-state index is -4.43. The van der Waals surface area contributed by atoms with Crippen LogP contribution >= 0.6 is 0 Å². The van der Waals surface area contributed by atoms with Crippen molar-refractivity contribution in [2.24, 2.45) is 0 Å². The van der Waals surface area contributed by atoms with Crippen LogP contribution in [0, 0.1) is 5.82 Å². The van der Waals surface area contributed by atoms with Crippen LogP contribution in [0.3, 0.4) is 0 Å². The van der Waals surface area contributed by atoms with Crippen LogP contribution in [0.4, 0.5) is 28.9 Å². The number of rotatable bonds is 2. The number of hydrogen-bond acceptors (Lipinski definition) is 3. The summed E-state index contributed by atoms with van der Waals surface area (Å²) >= 11 is 0. The van der Waals surface area contributed by atoms with Crippen molar-refractivity contribution in [1.29, 1.82) is 0 Å². The number of Topliss-reactive ketones (excluding diaryl/α,β-unsaturated/α-hetero) is 1. The molecule has 0 radical (unpaired) electrons. The number of halogens is 4. The van der Waals surface area contributed by atoms with Crippen molar-refractivity contribution in [3.63, 3.8) is 0 Å². The van der Waals surface area contributed by atoms with Crippen LogP contribution in [0.25, 0.3) is 0 Å². The molecule has 1 aliphatic carbocycles. The van der Waals surface area contributed by atoms with E-state index in [-0.39, 0.29) is 23.9 Å². The molecule has 5 rings (SSSR count). The molecule has 33 heavy (non-hydrogen) atoms. The number of fused-ring (bicyclic) bond motifs is 1. The fraction of sp³-hybridized carbons (Fsp3) is 0.192. The monoisotopic (exact) mass is 452 g/mol. The number of benzene rings is 3. The first kappa shape index (κ1) is 21.2. The van der Waals surface area contributed by atoms with Gasteiger partial charge in [-0.1, -0.05) is 36.4 Å². The molecule has 0 saturated heterocycles. The zero-order chi connectivity index (χ0) is 23.2. The van der Waals surface area contributed by atoms with E-state index in [2.05, 4.69) is 10.6 Å². The van der Waals surface area contributed by atoms with Crippen molar-refractivity contribution in [1.82, 2.24) is 0 Å². The van der Waals surface area contributed by atoms with Gasteiger partial charge in [-0.3, -0.25) is 4.79 Å². The normalized spacial score (nSPS) is 20.3. The predicted molar refractivity (Wildman–Crippen MR) is 118 cm³/mol. The van der Waals surface area contributed by atoms with E-state index in [1.165, 1.54) is 24.3 Å². The summed E-state index contributed by atoms with van der Waals surface area (Å²) in [6, 6.07) is 17.9. The summed E-state index contributed by atoms with van der Waals surface area (Å²) in [4.78, 5) is 13.4. The highest BCUT2D eigenvalue weighted by Gasteiger charge is 2.36. The van der Waals surface area contributed by atoms with Crippen LogP contribution in [-0.4, -0.2) is 5.78 Å². The Balaban J connectivity index is 1.57. The van der Waals surface area contributed by atoms with Gasteiger partial charge in [-0.15, -0.1) is 0 Å². The Labute approximate surface area is 188 Å². The Morgan fingerprint density at radius 1 is 0.788 bits per heavy atom. The molecule has 3 aromatic rings. The molecule has 1 heterocycles. The molecule has 0 spiro atoms. The zero-order valence-electron chi connectivity index (χ0n) is 17.4. The molecule has 3 nitrogen and oxygen atoms in total. The first-order valence-electron chi connectivity index (χ1n) is 10.6. The molecule has 0 aromatic heterocycles. The van der Waals surface area contributed by atoms with Gasteiger partial charge < -0.3 is 10.6 Å². The summed E-state index contributed by atoms with van der Waals surface area (Å²) in [5, 5.41) is 6.73. The number of carbonyl (C=O) groups is 1. The number of allylic oxidation sites excluding steroid dienone is 1. The molecule has 3 aromatic carbocycles. The molecular weight excluding hydrogens is 432 g/mol. The lowest BCUT2D eigenvalue weighted by Gasteiger charge is -2.30. The van der Waals surface area contributed by atoms with Crippen molar-refractivity contribution in [2.75, 3.05) is 10.6 Å². The third-order valence-electron chi connectivity index (χ3n) is 6.22. The summed E-state index contributed by atoms with van der Waals surface area (Å²) in [5.41, 5.74) is 3.48. The van der Waals surface area contributed by atoms with Gasteiger partial charge in [-0.05, 0) is 59.9 Å². The van der Waals surface area contributed by atoms with E-state index in [9.17, 15) is 22.4 Å². The first-order chi connectivity index (χ1) is 15.8. The first-order valence-corrected chi connectivity index (χ1v) is 10.6. The average Bonchev–Trinajstić information content (AvgIpc) is 2.96. The van der Waals surface area contributed by atoms with E-state index in [4.69, 9.17) is 0 Å². The van der Waals surface area contributed by atoms with Crippen LogP contribution in [0.5, 0.6) is 0 Å². The number of anilines is 2. The third-order valence-corrected chi connectivity index (χ3v) is 6.22. The van der Waals surface area contributed by atoms with E-state index in [1.807, 2.05) is 24.3 Å². The van der Waals surface area contributed by atoms with Gasteiger partial charge in [-0.25, -0.2) is 4.39 Å². The Hall–Kier alpha value is -3.61. The molecule has 0 amide bonds. The Morgan fingerprint density at radius 3 is 2.09 bits per heavy atom. The highest BCUT2D eigenvalue weighted by atomic mass is 19.4. The van der Waals surface area contributed by atoms with Crippen LogP contribution in [-0.2, 0) is 11.0 Å². The largest absolute Gasteiger partial charge is 0.416 e. The minimum Gasteiger partial charge on any atom is -0.372 e. The van der Waals surface area contributed by atoms with Crippen LogP contribution in [0.1, 0.15) is 41.5 Å². The number of ketones is 1. The summed E-state index contributed by atoms with van der Waals surface area (Å²) < 4.78 is 52.6. The topological polar surface area (TPSA) is 41.1 Å². The van der Waals surface area contributed by atoms with Crippen LogP contribution in [0.2, 0.25) is 0 Å².